The Morgan fingerprint density at radius 3 is 2.40 bits per heavy atom. The summed E-state index contributed by atoms with van der Waals surface area (Å²) in [4.78, 5) is 33.6. The molecular formula is C31H33F2N7O4S. The number of ketones is 1. The lowest BCUT2D eigenvalue weighted by Gasteiger charge is -2.34. The van der Waals surface area contributed by atoms with Crippen LogP contribution in [0.5, 0.6) is 0 Å². The molecule has 0 saturated carbocycles. The Labute approximate surface area is 259 Å². The number of anilines is 2. The van der Waals surface area contributed by atoms with Crippen molar-refractivity contribution in [1.82, 2.24) is 24.4 Å². The number of hydrogen-bond acceptors (Lipinski definition) is 7. The van der Waals surface area contributed by atoms with Crippen LogP contribution in [-0.2, 0) is 28.5 Å². The lowest BCUT2D eigenvalue weighted by atomic mass is 9.98. The number of hydrogen-bond donors (Lipinski definition) is 3. The zero-order valence-electron chi connectivity index (χ0n) is 25.0. The second-order valence-corrected chi connectivity index (χ2v) is 13.7. The minimum atomic E-state index is -4.33. The number of benzene rings is 2. The normalized spacial score (nSPS) is 17.0. The van der Waals surface area contributed by atoms with Gasteiger partial charge in [0.1, 0.15) is 11.6 Å². The van der Waals surface area contributed by atoms with Gasteiger partial charge in [0.25, 0.3) is 5.91 Å². The van der Waals surface area contributed by atoms with Crippen molar-refractivity contribution in [3.8, 4) is 0 Å². The smallest absolute Gasteiger partial charge is 0.257 e. The number of halogens is 2. The second kappa shape index (κ2) is 11.5. The Bertz CT molecular complexity index is 1860. The average Bonchev–Trinajstić information content (AvgIpc) is 3.72. The number of amides is 1. The number of nitrogens with zero attached hydrogens (tertiary/aromatic N) is 4. The number of fused-ring (bicyclic) bond motifs is 1. The molecule has 0 radical (unpaired) electrons. The summed E-state index contributed by atoms with van der Waals surface area (Å²) in [6.07, 6.45) is 3.05. The third-order valence-electron chi connectivity index (χ3n) is 8.50. The summed E-state index contributed by atoms with van der Waals surface area (Å²) in [5.41, 5.74) is 2.10. The standard InChI is InChI=1S/C31H33F2N7O4S/c1-31(2)29-25(18-40(31)45(43,44)23-13-20(32)12-21(33)14-23)27(36-37-29)16-28(41)24-5-4-22(39-10-8-38(3)9-11-39)15-26(24)35-30(42)19-6-7-34-17-19/h4-7,12-15,17,34H,8-11,16,18H2,1-3H3,(H,35,42)(H,36,37). The molecule has 2 aromatic carbocycles. The number of aromatic amines is 2. The summed E-state index contributed by atoms with van der Waals surface area (Å²) in [5, 5.41) is 10.1. The number of carbonyl (C=O) groups excluding carboxylic acids is 2. The highest BCUT2D eigenvalue weighted by atomic mass is 32.2. The predicted molar refractivity (Wildman–Crippen MR) is 164 cm³/mol. The first-order chi connectivity index (χ1) is 21.3. The number of aromatic nitrogens is 3. The van der Waals surface area contributed by atoms with E-state index in [4.69, 9.17) is 0 Å². The largest absolute Gasteiger partial charge is 0.369 e. The summed E-state index contributed by atoms with van der Waals surface area (Å²) in [5.74, 6) is -2.71. The molecule has 1 fully saturated rings. The van der Waals surface area contributed by atoms with E-state index in [1.165, 1.54) is 0 Å². The molecule has 0 atom stereocenters. The maximum atomic E-state index is 13.9. The van der Waals surface area contributed by atoms with Crippen LogP contribution in [0.3, 0.4) is 0 Å². The van der Waals surface area contributed by atoms with E-state index in [1.807, 2.05) is 6.07 Å². The number of piperazine rings is 1. The van der Waals surface area contributed by atoms with Gasteiger partial charge >= 0.3 is 0 Å². The lowest BCUT2D eigenvalue weighted by Crippen LogP contribution is -2.44. The third-order valence-corrected chi connectivity index (χ3v) is 10.5. The fourth-order valence-electron chi connectivity index (χ4n) is 5.93. The molecule has 4 heterocycles. The topological polar surface area (TPSA) is 134 Å². The van der Waals surface area contributed by atoms with Crippen LogP contribution in [-0.4, -0.2) is 77.7 Å². The van der Waals surface area contributed by atoms with Crippen molar-refractivity contribution in [2.45, 2.75) is 37.2 Å². The summed E-state index contributed by atoms with van der Waals surface area (Å²) in [6, 6.07) is 9.14. The average molecular weight is 638 g/mol. The fraction of sp³-hybridized carbons (Fsp3) is 0.323. The van der Waals surface area contributed by atoms with Gasteiger partial charge in [-0.05, 0) is 57.3 Å². The second-order valence-electron chi connectivity index (χ2n) is 11.9. The van der Waals surface area contributed by atoms with E-state index in [-0.39, 0.29) is 30.2 Å². The van der Waals surface area contributed by atoms with Crippen LogP contribution in [0.2, 0.25) is 0 Å². The van der Waals surface area contributed by atoms with Gasteiger partial charge in [0.15, 0.2) is 5.78 Å². The molecule has 6 rings (SSSR count). The Morgan fingerprint density at radius 1 is 1.02 bits per heavy atom. The van der Waals surface area contributed by atoms with Crippen LogP contribution in [0.4, 0.5) is 20.2 Å². The van der Waals surface area contributed by atoms with Gasteiger partial charge in [-0.25, -0.2) is 17.2 Å². The monoisotopic (exact) mass is 637 g/mol. The van der Waals surface area contributed by atoms with Crippen molar-refractivity contribution in [3.63, 3.8) is 0 Å². The van der Waals surface area contributed by atoms with Crippen molar-refractivity contribution in [1.29, 1.82) is 0 Å². The van der Waals surface area contributed by atoms with Crippen molar-refractivity contribution in [2.24, 2.45) is 0 Å². The molecule has 4 aromatic rings. The summed E-state index contributed by atoms with van der Waals surface area (Å²) < 4.78 is 56.1. The molecule has 1 saturated heterocycles. The predicted octanol–water partition coefficient (Wildman–Crippen LogP) is 3.89. The molecular weight excluding hydrogens is 604 g/mol. The van der Waals surface area contributed by atoms with Gasteiger partial charge in [0.05, 0.1) is 33.8 Å². The molecule has 0 spiro atoms. The zero-order chi connectivity index (χ0) is 32.1. The number of Topliss-reactive ketones (excluding diaryl/α,β-unsaturated/α-hetero) is 1. The first kappa shape index (κ1) is 30.6. The molecule has 2 aromatic heterocycles. The van der Waals surface area contributed by atoms with Crippen LogP contribution < -0.4 is 10.2 Å². The van der Waals surface area contributed by atoms with Crippen molar-refractivity contribution in [2.75, 3.05) is 43.4 Å². The van der Waals surface area contributed by atoms with Gasteiger partial charge in [0.2, 0.25) is 10.0 Å². The fourth-order valence-corrected chi connectivity index (χ4v) is 7.69. The van der Waals surface area contributed by atoms with Crippen molar-refractivity contribution in [3.05, 3.63) is 94.6 Å². The SMILES string of the molecule is CN1CCN(c2ccc(C(=O)Cc3[nH]nc4c3CN(S(=O)(=O)c3cc(F)cc(F)c3)C4(C)C)c(NC(=O)c3cc[nH]c3)c2)CC1. The van der Waals surface area contributed by atoms with E-state index in [2.05, 4.69) is 37.3 Å². The minimum Gasteiger partial charge on any atom is -0.369 e. The molecule has 0 unspecified atom stereocenters. The molecule has 3 N–H and O–H groups in total. The number of nitrogens with one attached hydrogen (secondary N) is 3. The van der Waals surface area contributed by atoms with Crippen LogP contribution in [0.1, 0.15) is 51.5 Å². The van der Waals surface area contributed by atoms with Crippen molar-refractivity contribution < 1.29 is 26.8 Å². The summed E-state index contributed by atoms with van der Waals surface area (Å²) >= 11 is 0. The van der Waals surface area contributed by atoms with Crippen LogP contribution in [0.25, 0.3) is 0 Å². The van der Waals surface area contributed by atoms with Crippen LogP contribution >= 0.6 is 0 Å². The highest BCUT2D eigenvalue weighted by Crippen LogP contribution is 2.43. The van der Waals surface area contributed by atoms with Crippen LogP contribution in [0.15, 0.2) is 59.8 Å². The first-order valence-corrected chi connectivity index (χ1v) is 15.9. The highest BCUT2D eigenvalue weighted by Gasteiger charge is 2.48. The van der Waals surface area contributed by atoms with E-state index in [0.717, 1.165) is 48.3 Å². The Morgan fingerprint density at radius 2 is 1.73 bits per heavy atom. The Balaban J connectivity index is 1.29. The molecule has 0 bridgehead atoms. The molecule has 2 aliphatic rings. The highest BCUT2D eigenvalue weighted by molar-refractivity contribution is 7.89. The van der Waals surface area contributed by atoms with Gasteiger partial charge < -0.3 is 20.1 Å². The van der Waals surface area contributed by atoms with Crippen LogP contribution in [0, 0.1) is 11.6 Å². The van der Waals surface area contributed by atoms with Gasteiger partial charge in [-0.15, -0.1) is 0 Å². The van der Waals surface area contributed by atoms with E-state index in [9.17, 15) is 26.8 Å². The van der Waals surface area contributed by atoms with Gasteiger partial charge in [0, 0.05) is 73.7 Å². The molecule has 236 valence electrons. The lowest BCUT2D eigenvalue weighted by molar-refractivity contribution is 0.0992. The van der Waals surface area contributed by atoms with E-state index in [1.54, 1.807) is 44.4 Å². The molecule has 2 aliphatic heterocycles. The molecule has 0 aliphatic carbocycles. The number of rotatable bonds is 8. The Hall–Kier alpha value is -4.40. The number of sulfonamides is 1. The van der Waals surface area contributed by atoms with Gasteiger partial charge in [-0.1, -0.05) is 0 Å². The van der Waals surface area contributed by atoms with E-state index in [0.29, 0.717) is 34.3 Å². The summed E-state index contributed by atoms with van der Waals surface area (Å²) in [6.45, 7) is 6.50. The van der Waals surface area contributed by atoms with Crippen molar-refractivity contribution >= 4 is 33.1 Å². The maximum absolute atomic E-state index is 13.9. The molecule has 1 amide bonds. The molecule has 45 heavy (non-hydrogen) atoms. The quantitative estimate of drug-likeness (QED) is 0.250. The van der Waals surface area contributed by atoms with E-state index >= 15 is 0 Å². The van der Waals surface area contributed by atoms with Gasteiger partial charge in [-0.2, -0.15) is 9.40 Å². The Kier molecular flexibility index (Phi) is 7.83. The number of H-pyrrole nitrogens is 2. The molecule has 14 heteroatoms. The molecule has 11 nitrogen and oxygen atoms in total. The minimum absolute atomic E-state index is 0.151. The number of likely N-dealkylation sites (N-methyl/N-ethyl adjacent to an activating group) is 1. The number of carbonyl (C=O) groups is 2. The van der Waals surface area contributed by atoms with E-state index < -0.39 is 32.1 Å². The first-order valence-electron chi connectivity index (χ1n) is 14.4. The summed E-state index contributed by atoms with van der Waals surface area (Å²) in [7, 11) is -2.27. The zero-order valence-corrected chi connectivity index (χ0v) is 25.8. The maximum Gasteiger partial charge on any atom is 0.257 e. The third kappa shape index (κ3) is 5.76. The van der Waals surface area contributed by atoms with Gasteiger partial charge in [-0.3, -0.25) is 14.7 Å².